The molecule has 0 saturated heterocycles. The zero-order valence-corrected chi connectivity index (χ0v) is 31.9. The lowest BCUT2D eigenvalue weighted by molar-refractivity contribution is 0.0495. The summed E-state index contributed by atoms with van der Waals surface area (Å²) in [6.45, 7) is 11.0. The maximum absolute atomic E-state index is 13.0. The number of carbonyl (C=O) groups excluding carboxylic acids is 3. The first-order valence-corrected chi connectivity index (χ1v) is 19.2. The smallest absolute Gasteiger partial charge is 0.338 e. The van der Waals surface area contributed by atoms with E-state index in [1.54, 1.807) is 60.7 Å². The standard InChI is InChI=1S/C24H31NO4.C21H26O3/c1-4-7-8-11-16-29-24(28)20-13-10-9-12-19(20)23(27)21-15-14-18(17-22(21)26)25(5-2)6-3;1-2-3-4-5-6-10-15-24-18-13-14-19(20(22)16-18)21(23)17-11-8-7-9-12-17/h9-10,12-15,17,26H,4-8,11,16H2,1-3H3;7-9,11-14,16,22H,2-6,10,15H2,1H3. The van der Waals surface area contributed by atoms with E-state index in [1.807, 2.05) is 38.1 Å². The maximum atomic E-state index is 13.0. The van der Waals surface area contributed by atoms with Crippen LogP contribution in [0.4, 0.5) is 5.69 Å². The van der Waals surface area contributed by atoms with Crippen molar-refractivity contribution in [2.75, 3.05) is 31.2 Å². The van der Waals surface area contributed by atoms with Crippen LogP contribution in [-0.4, -0.2) is 54.1 Å². The van der Waals surface area contributed by atoms with Crippen LogP contribution in [-0.2, 0) is 4.74 Å². The van der Waals surface area contributed by atoms with Gasteiger partial charge in [-0.3, -0.25) is 9.59 Å². The van der Waals surface area contributed by atoms with Crippen molar-refractivity contribution < 1.29 is 34.1 Å². The highest BCUT2D eigenvalue weighted by molar-refractivity contribution is 6.15. The summed E-state index contributed by atoms with van der Waals surface area (Å²) in [7, 11) is 0. The van der Waals surface area contributed by atoms with Gasteiger partial charge in [-0.1, -0.05) is 114 Å². The minimum atomic E-state index is -0.510. The van der Waals surface area contributed by atoms with E-state index in [4.69, 9.17) is 9.47 Å². The van der Waals surface area contributed by atoms with E-state index in [2.05, 4.69) is 18.7 Å². The molecular formula is C45H57NO7. The molecule has 0 aliphatic carbocycles. The summed E-state index contributed by atoms with van der Waals surface area (Å²) >= 11 is 0. The summed E-state index contributed by atoms with van der Waals surface area (Å²) in [5.74, 6) is -0.621. The third-order valence-corrected chi connectivity index (χ3v) is 8.99. The predicted molar refractivity (Wildman–Crippen MR) is 213 cm³/mol. The summed E-state index contributed by atoms with van der Waals surface area (Å²) in [5, 5.41) is 20.6. The average Bonchev–Trinajstić information content (AvgIpc) is 3.18. The minimum absolute atomic E-state index is 0.0377. The Morgan fingerprint density at radius 2 is 1.09 bits per heavy atom. The van der Waals surface area contributed by atoms with Crippen LogP contribution < -0.4 is 9.64 Å². The van der Waals surface area contributed by atoms with Gasteiger partial charge in [-0.25, -0.2) is 4.79 Å². The molecule has 284 valence electrons. The van der Waals surface area contributed by atoms with E-state index in [9.17, 15) is 24.6 Å². The summed E-state index contributed by atoms with van der Waals surface area (Å²) in [4.78, 5) is 40.0. The first-order chi connectivity index (χ1) is 25.7. The topological polar surface area (TPSA) is 113 Å². The molecule has 0 aliphatic rings. The molecule has 4 aromatic rings. The highest BCUT2D eigenvalue weighted by Gasteiger charge is 2.22. The molecule has 4 rings (SSSR count). The molecule has 0 bridgehead atoms. The normalized spacial score (nSPS) is 10.6. The number of carbonyl (C=O) groups is 3. The second-order valence-electron chi connectivity index (χ2n) is 12.9. The third kappa shape index (κ3) is 13.4. The van der Waals surface area contributed by atoms with Gasteiger partial charge in [0.15, 0.2) is 11.6 Å². The van der Waals surface area contributed by atoms with Crippen LogP contribution in [0.1, 0.15) is 134 Å². The Hall–Kier alpha value is -5.11. The molecule has 0 unspecified atom stereocenters. The summed E-state index contributed by atoms with van der Waals surface area (Å²) < 4.78 is 11.0. The molecule has 0 saturated carbocycles. The third-order valence-electron chi connectivity index (χ3n) is 8.99. The van der Waals surface area contributed by atoms with E-state index in [1.165, 1.54) is 31.7 Å². The lowest BCUT2D eigenvalue weighted by atomic mass is 9.97. The van der Waals surface area contributed by atoms with Crippen molar-refractivity contribution in [3.05, 3.63) is 119 Å². The Bertz CT molecular complexity index is 1720. The number of unbranched alkanes of at least 4 members (excludes halogenated alkanes) is 8. The number of ether oxygens (including phenoxy) is 2. The number of phenols is 2. The van der Waals surface area contributed by atoms with E-state index in [-0.39, 0.29) is 34.0 Å². The lowest BCUT2D eigenvalue weighted by Crippen LogP contribution is -2.21. The van der Waals surface area contributed by atoms with Gasteiger partial charge in [0, 0.05) is 42.0 Å². The first kappa shape index (κ1) is 42.3. The molecule has 2 N–H and O–H groups in total. The molecule has 0 radical (unpaired) electrons. The Morgan fingerprint density at radius 1 is 0.547 bits per heavy atom. The number of anilines is 1. The van der Waals surface area contributed by atoms with Crippen molar-refractivity contribution in [3.63, 3.8) is 0 Å². The number of hydrogen-bond donors (Lipinski definition) is 2. The van der Waals surface area contributed by atoms with Crippen LogP contribution in [0.25, 0.3) is 0 Å². The molecule has 0 fully saturated rings. The van der Waals surface area contributed by atoms with Crippen LogP contribution in [0.5, 0.6) is 17.2 Å². The molecule has 0 amide bonds. The second-order valence-corrected chi connectivity index (χ2v) is 12.9. The molecule has 0 atom stereocenters. The molecule has 53 heavy (non-hydrogen) atoms. The monoisotopic (exact) mass is 723 g/mol. The van der Waals surface area contributed by atoms with Crippen LogP contribution >= 0.6 is 0 Å². The number of rotatable bonds is 21. The summed E-state index contributed by atoms with van der Waals surface area (Å²) in [6.07, 6.45) is 11.3. The molecule has 4 aromatic carbocycles. The summed E-state index contributed by atoms with van der Waals surface area (Å²) in [6, 6.07) is 25.4. The molecular weight excluding hydrogens is 666 g/mol. The number of phenolic OH excluding ortho intramolecular Hbond substituents is 2. The zero-order chi connectivity index (χ0) is 38.4. The largest absolute Gasteiger partial charge is 0.507 e. The van der Waals surface area contributed by atoms with E-state index < -0.39 is 11.8 Å². The maximum Gasteiger partial charge on any atom is 0.338 e. The van der Waals surface area contributed by atoms with Gasteiger partial charge in [0.2, 0.25) is 0 Å². The van der Waals surface area contributed by atoms with Gasteiger partial charge in [0.1, 0.15) is 17.2 Å². The summed E-state index contributed by atoms with van der Waals surface area (Å²) in [5.41, 5.74) is 2.34. The number of nitrogens with zero attached hydrogens (tertiary/aromatic N) is 1. The van der Waals surface area contributed by atoms with E-state index >= 15 is 0 Å². The first-order valence-electron chi connectivity index (χ1n) is 19.2. The van der Waals surface area contributed by atoms with Crippen molar-refractivity contribution >= 4 is 23.2 Å². The van der Waals surface area contributed by atoms with E-state index in [0.29, 0.717) is 30.1 Å². The average molecular weight is 724 g/mol. The molecule has 8 nitrogen and oxygen atoms in total. The molecule has 0 aromatic heterocycles. The minimum Gasteiger partial charge on any atom is -0.507 e. The van der Waals surface area contributed by atoms with Crippen molar-refractivity contribution in [2.45, 2.75) is 91.9 Å². The van der Waals surface area contributed by atoms with Crippen molar-refractivity contribution in [2.24, 2.45) is 0 Å². The fraction of sp³-hybridized carbons (Fsp3) is 0.400. The Labute approximate surface area is 315 Å². The number of benzene rings is 4. The van der Waals surface area contributed by atoms with Crippen molar-refractivity contribution in [1.82, 2.24) is 0 Å². The van der Waals surface area contributed by atoms with Gasteiger partial charge < -0.3 is 24.6 Å². The number of hydrogen-bond acceptors (Lipinski definition) is 8. The number of esters is 1. The molecule has 0 heterocycles. The zero-order valence-electron chi connectivity index (χ0n) is 31.9. The lowest BCUT2D eigenvalue weighted by Gasteiger charge is -2.21. The van der Waals surface area contributed by atoms with Crippen LogP contribution in [0.15, 0.2) is 91.0 Å². The highest BCUT2D eigenvalue weighted by atomic mass is 16.5. The Kier molecular flexibility index (Phi) is 18.7. The molecule has 0 spiro atoms. The SMILES string of the molecule is CCCCCCCCOc1ccc(C(=O)c2ccccc2)c(O)c1.CCCCCCOC(=O)c1ccccc1C(=O)c1ccc(N(CC)CC)cc1O. The van der Waals surface area contributed by atoms with E-state index in [0.717, 1.165) is 57.3 Å². The quantitative estimate of drug-likeness (QED) is 0.0496. The number of ketones is 2. The fourth-order valence-electron chi connectivity index (χ4n) is 5.88. The van der Waals surface area contributed by atoms with Crippen LogP contribution in [0, 0.1) is 0 Å². The highest BCUT2D eigenvalue weighted by Crippen LogP contribution is 2.29. The Morgan fingerprint density at radius 3 is 1.74 bits per heavy atom. The molecule has 8 heteroatoms. The number of aromatic hydroxyl groups is 2. The van der Waals surface area contributed by atoms with Gasteiger partial charge in [-0.15, -0.1) is 0 Å². The van der Waals surface area contributed by atoms with Gasteiger partial charge in [0.25, 0.3) is 0 Å². The predicted octanol–water partition coefficient (Wildman–Crippen LogP) is 10.6. The van der Waals surface area contributed by atoms with Crippen LogP contribution in [0.3, 0.4) is 0 Å². The fourth-order valence-corrected chi connectivity index (χ4v) is 5.88. The second kappa shape index (κ2) is 23.5. The van der Waals surface area contributed by atoms with Gasteiger partial charge >= 0.3 is 5.97 Å². The van der Waals surface area contributed by atoms with Gasteiger partial charge in [-0.05, 0) is 57.0 Å². The van der Waals surface area contributed by atoms with Crippen molar-refractivity contribution in [1.29, 1.82) is 0 Å². The van der Waals surface area contributed by atoms with Crippen molar-refractivity contribution in [3.8, 4) is 17.2 Å². The molecule has 0 aliphatic heterocycles. The van der Waals surface area contributed by atoms with Gasteiger partial charge in [-0.2, -0.15) is 0 Å². The van der Waals surface area contributed by atoms with Gasteiger partial charge in [0.05, 0.1) is 29.9 Å². The Balaban J connectivity index is 0.000000290. The van der Waals surface area contributed by atoms with Crippen LogP contribution in [0.2, 0.25) is 0 Å².